The fourth-order valence-electron chi connectivity index (χ4n) is 2.38. The lowest BCUT2D eigenvalue weighted by atomic mass is 10.2. The highest BCUT2D eigenvalue weighted by Crippen LogP contribution is 2.29. The Labute approximate surface area is 136 Å². The lowest BCUT2D eigenvalue weighted by Crippen LogP contribution is -2.33. The van der Waals surface area contributed by atoms with E-state index in [0.29, 0.717) is 11.9 Å². The van der Waals surface area contributed by atoms with Crippen molar-refractivity contribution in [2.75, 3.05) is 24.0 Å². The average Bonchev–Trinajstić information content (AvgIpc) is 2.84. The van der Waals surface area contributed by atoms with E-state index in [1.165, 1.54) is 0 Å². The third-order valence-electron chi connectivity index (χ3n) is 3.69. The smallest absolute Gasteiger partial charge is 0.137 e. The molecule has 0 aliphatic heterocycles. The summed E-state index contributed by atoms with van der Waals surface area (Å²) in [6.45, 7) is 4.25. The van der Waals surface area contributed by atoms with E-state index in [1.807, 2.05) is 41.6 Å². The second kappa shape index (κ2) is 7.23. The molecule has 0 saturated carbocycles. The molecule has 0 bridgehead atoms. The predicted octanol–water partition coefficient (Wildman–Crippen LogP) is 4.11. The summed E-state index contributed by atoms with van der Waals surface area (Å²) < 4.78 is 2.00. The van der Waals surface area contributed by atoms with E-state index >= 15 is 0 Å². The summed E-state index contributed by atoms with van der Waals surface area (Å²) in [5.74, 6) is 2.64. The first kappa shape index (κ1) is 16.2. The summed E-state index contributed by atoms with van der Waals surface area (Å²) in [5, 5.41) is 4.70. The first-order chi connectivity index (χ1) is 10.1. The lowest BCUT2D eigenvalue weighted by molar-refractivity contribution is 0.722. The number of para-hydroxylation sites is 1. The zero-order chi connectivity index (χ0) is 15.4. The summed E-state index contributed by atoms with van der Waals surface area (Å²) in [6.07, 6.45) is 2.13. The van der Waals surface area contributed by atoms with Crippen LogP contribution in [0.15, 0.2) is 30.3 Å². The molecule has 0 amide bonds. The molecule has 21 heavy (non-hydrogen) atoms. The molecule has 0 saturated heterocycles. The molecule has 0 aliphatic carbocycles. The monoisotopic (exact) mass is 323 g/mol. The third-order valence-corrected chi connectivity index (χ3v) is 4.78. The molecule has 1 unspecified atom stereocenters. The van der Waals surface area contributed by atoms with Crippen molar-refractivity contribution in [1.82, 2.24) is 9.78 Å². The quantitative estimate of drug-likeness (QED) is 0.747. The fourth-order valence-corrected chi connectivity index (χ4v) is 3.40. The molecule has 2 aromatic rings. The first-order valence-electron chi connectivity index (χ1n) is 7.01. The van der Waals surface area contributed by atoms with E-state index in [2.05, 4.69) is 37.3 Å². The number of aryl methyl sites for hydroxylation is 1. The minimum Gasteiger partial charge on any atom is -0.356 e. The van der Waals surface area contributed by atoms with Crippen molar-refractivity contribution in [2.45, 2.75) is 25.8 Å². The lowest BCUT2D eigenvalue weighted by Gasteiger charge is -2.28. The number of hydrogen-bond acceptors (Lipinski definition) is 3. The standard InChI is InChI=1S/C16H22ClN3S/c1-12(11-21-4)19(3)16-15(10-17)13(2)18-20(16)14-8-6-5-7-9-14/h5-9,12H,10-11H2,1-4H3. The van der Waals surface area contributed by atoms with Gasteiger partial charge in [-0.3, -0.25) is 0 Å². The summed E-state index contributed by atoms with van der Waals surface area (Å²) >= 11 is 8.03. The van der Waals surface area contributed by atoms with Crippen LogP contribution >= 0.6 is 23.4 Å². The number of thioether (sulfide) groups is 1. The Balaban J connectivity index is 2.52. The van der Waals surface area contributed by atoms with Crippen molar-refractivity contribution < 1.29 is 0 Å². The third kappa shape index (κ3) is 3.38. The summed E-state index contributed by atoms with van der Waals surface area (Å²) in [5.41, 5.74) is 3.16. The van der Waals surface area contributed by atoms with Gasteiger partial charge in [0.05, 0.1) is 17.3 Å². The molecule has 114 valence electrons. The van der Waals surface area contributed by atoms with Crippen molar-refractivity contribution in [3.8, 4) is 5.69 Å². The predicted molar refractivity (Wildman–Crippen MR) is 94.1 cm³/mol. The molecule has 5 heteroatoms. The molecular formula is C16H22ClN3S. The van der Waals surface area contributed by atoms with Gasteiger partial charge in [-0.15, -0.1) is 11.6 Å². The maximum atomic E-state index is 6.18. The highest BCUT2D eigenvalue weighted by molar-refractivity contribution is 7.98. The Hall–Kier alpha value is -1.13. The zero-order valence-corrected chi connectivity index (χ0v) is 14.6. The van der Waals surface area contributed by atoms with Gasteiger partial charge in [0.15, 0.2) is 0 Å². The van der Waals surface area contributed by atoms with Crippen LogP contribution in [-0.2, 0) is 5.88 Å². The normalized spacial score (nSPS) is 12.4. The van der Waals surface area contributed by atoms with Gasteiger partial charge in [0.2, 0.25) is 0 Å². The number of rotatable bonds is 6. The largest absolute Gasteiger partial charge is 0.356 e. The van der Waals surface area contributed by atoms with Crippen molar-refractivity contribution in [1.29, 1.82) is 0 Å². The summed E-state index contributed by atoms with van der Waals surface area (Å²) in [7, 11) is 2.12. The number of halogens is 1. The van der Waals surface area contributed by atoms with Gasteiger partial charge in [-0.05, 0) is 32.2 Å². The van der Waals surface area contributed by atoms with Crippen molar-refractivity contribution in [3.63, 3.8) is 0 Å². The Morgan fingerprint density at radius 3 is 2.57 bits per heavy atom. The minimum atomic E-state index is 0.417. The van der Waals surface area contributed by atoms with Crippen LogP contribution in [0.5, 0.6) is 0 Å². The minimum absolute atomic E-state index is 0.417. The topological polar surface area (TPSA) is 21.1 Å². The second-order valence-electron chi connectivity index (χ2n) is 5.18. The van der Waals surface area contributed by atoms with Gasteiger partial charge in [0.25, 0.3) is 0 Å². The maximum Gasteiger partial charge on any atom is 0.137 e. The molecular weight excluding hydrogens is 302 g/mol. The van der Waals surface area contributed by atoms with Crippen LogP contribution in [0.2, 0.25) is 0 Å². The number of nitrogens with zero attached hydrogens (tertiary/aromatic N) is 3. The molecule has 1 atom stereocenters. The van der Waals surface area contributed by atoms with E-state index in [9.17, 15) is 0 Å². The SMILES string of the molecule is CSCC(C)N(C)c1c(CCl)c(C)nn1-c1ccccc1. The number of hydrogen-bond donors (Lipinski definition) is 0. The van der Waals surface area contributed by atoms with Gasteiger partial charge in [-0.2, -0.15) is 16.9 Å². The van der Waals surface area contributed by atoms with Crippen LogP contribution in [0.3, 0.4) is 0 Å². The van der Waals surface area contributed by atoms with Gasteiger partial charge in [-0.25, -0.2) is 4.68 Å². The molecule has 0 radical (unpaired) electrons. The highest BCUT2D eigenvalue weighted by Gasteiger charge is 2.22. The van der Waals surface area contributed by atoms with Gasteiger partial charge in [0, 0.05) is 24.4 Å². The van der Waals surface area contributed by atoms with Crippen LogP contribution in [0, 0.1) is 6.92 Å². The molecule has 0 aliphatic rings. The molecule has 1 heterocycles. The van der Waals surface area contributed by atoms with E-state index < -0.39 is 0 Å². The Kier molecular flexibility index (Phi) is 5.59. The Bertz CT molecular complexity index is 583. The second-order valence-corrected chi connectivity index (χ2v) is 6.36. The van der Waals surface area contributed by atoms with E-state index in [1.54, 1.807) is 0 Å². The first-order valence-corrected chi connectivity index (χ1v) is 8.94. The van der Waals surface area contributed by atoms with Crippen LogP contribution in [0.25, 0.3) is 5.69 Å². The van der Waals surface area contributed by atoms with Gasteiger partial charge >= 0.3 is 0 Å². The molecule has 0 N–H and O–H groups in total. The number of alkyl halides is 1. The number of benzene rings is 1. The Morgan fingerprint density at radius 2 is 2.00 bits per heavy atom. The number of aromatic nitrogens is 2. The molecule has 0 spiro atoms. The molecule has 0 fully saturated rings. The van der Waals surface area contributed by atoms with Crippen LogP contribution in [-0.4, -0.2) is 34.9 Å². The van der Waals surface area contributed by atoms with Crippen LogP contribution in [0.4, 0.5) is 5.82 Å². The van der Waals surface area contributed by atoms with Crippen LogP contribution < -0.4 is 4.90 Å². The molecule has 1 aromatic carbocycles. The summed E-state index contributed by atoms with van der Waals surface area (Å²) in [4.78, 5) is 2.28. The Morgan fingerprint density at radius 1 is 1.33 bits per heavy atom. The van der Waals surface area contributed by atoms with Gasteiger partial charge < -0.3 is 4.90 Å². The van der Waals surface area contributed by atoms with Crippen molar-refractivity contribution in [2.24, 2.45) is 0 Å². The summed E-state index contributed by atoms with van der Waals surface area (Å²) in [6, 6.07) is 10.6. The molecule has 2 rings (SSSR count). The fraction of sp³-hybridized carbons (Fsp3) is 0.438. The van der Waals surface area contributed by atoms with Gasteiger partial charge in [0.1, 0.15) is 5.82 Å². The van der Waals surface area contributed by atoms with Crippen LogP contribution in [0.1, 0.15) is 18.2 Å². The average molecular weight is 324 g/mol. The highest BCUT2D eigenvalue weighted by atomic mass is 35.5. The molecule has 3 nitrogen and oxygen atoms in total. The molecule has 1 aromatic heterocycles. The van der Waals surface area contributed by atoms with Crippen molar-refractivity contribution in [3.05, 3.63) is 41.6 Å². The van der Waals surface area contributed by atoms with Crippen molar-refractivity contribution >= 4 is 29.2 Å². The van der Waals surface area contributed by atoms with Gasteiger partial charge in [-0.1, -0.05) is 18.2 Å². The zero-order valence-electron chi connectivity index (χ0n) is 13.0. The van der Waals surface area contributed by atoms with E-state index in [-0.39, 0.29) is 0 Å². The van der Waals surface area contributed by atoms with E-state index in [0.717, 1.165) is 28.5 Å². The van der Waals surface area contributed by atoms with E-state index in [4.69, 9.17) is 16.7 Å². The maximum absolute atomic E-state index is 6.18. The number of anilines is 1.